The predicted molar refractivity (Wildman–Crippen MR) is 84.7 cm³/mol. The summed E-state index contributed by atoms with van der Waals surface area (Å²) in [5.74, 6) is 0.00533. The Morgan fingerprint density at radius 2 is 1.76 bits per heavy atom. The van der Waals surface area contributed by atoms with Gasteiger partial charge in [-0.3, -0.25) is 0 Å². The van der Waals surface area contributed by atoms with Crippen LogP contribution in [0.4, 0.5) is 15.8 Å². The van der Waals surface area contributed by atoms with Crippen molar-refractivity contribution in [1.29, 1.82) is 0 Å². The molecule has 2 rings (SSSR count). The van der Waals surface area contributed by atoms with Gasteiger partial charge in [0.15, 0.2) is 0 Å². The summed E-state index contributed by atoms with van der Waals surface area (Å²) in [4.78, 5) is 2.02. The molecule has 0 aliphatic heterocycles. The van der Waals surface area contributed by atoms with Crippen LogP contribution in [0.15, 0.2) is 42.5 Å². The molecule has 0 amide bonds. The van der Waals surface area contributed by atoms with E-state index in [-0.39, 0.29) is 17.6 Å². The van der Waals surface area contributed by atoms with Gasteiger partial charge in [-0.2, -0.15) is 0 Å². The van der Waals surface area contributed by atoms with E-state index in [2.05, 4.69) is 5.32 Å². The first-order valence-corrected chi connectivity index (χ1v) is 7.10. The fourth-order valence-electron chi connectivity index (χ4n) is 2.36. The molecular weight excluding hydrogens is 267 g/mol. The monoisotopic (exact) mass is 288 g/mol. The first-order valence-electron chi connectivity index (χ1n) is 7.10. The highest BCUT2D eigenvalue weighted by molar-refractivity contribution is 5.65. The highest BCUT2D eigenvalue weighted by Crippen LogP contribution is 2.32. The van der Waals surface area contributed by atoms with Crippen LogP contribution in [-0.4, -0.2) is 18.7 Å². The summed E-state index contributed by atoms with van der Waals surface area (Å²) in [6.07, 6.45) is 0. The molecule has 0 radical (unpaired) electrons. The number of phenols is 1. The molecule has 0 bridgehead atoms. The number of phenolic OH excluding ortho intramolecular Hbond substituents is 1. The van der Waals surface area contributed by atoms with Gasteiger partial charge < -0.3 is 15.3 Å². The van der Waals surface area contributed by atoms with Crippen molar-refractivity contribution in [2.75, 3.05) is 18.5 Å². The summed E-state index contributed by atoms with van der Waals surface area (Å²) >= 11 is 0. The van der Waals surface area contributed by atoms with Gasteiger partial charge in [0.05, 0.1) is 0 Å². The number of rotatable bonds is 5. The fraction of sp³-hybridized carbons (Fsp3) is 0.294. The predicted octanol–water partition coefficient (Wildman–Crippen LogP) is 3.97. The molecule has 0 saturated carbocycles. The van der Waals surface area contributed by atoms with Crippen LogP contribution in [0.3, 0.4) is 0 Å². The van der Waals surface area contributed by atoms with Crippen LogP contribution in [0.1, 0.15) is 25.5 Å². The maximum Gasteiger partial charge on any atom is 0.123 e. The van der Waals surface area contributed by atoms with Crippen LogP contribution in [0.5, 0.6) is 5.75 Å². The average Bonchev–Trinajstić information content (AvgIpc) is 2.49. The largest absolute Gasteiger partial charge is 0.508 e. The number of hydrogen-bond donors (Lipinski definition) is 2. The number of anilines is 2. The quantitative estimate of drug-likeness (QED) is 0.874. The number of hydrogen-bond acceptors (Lipinski definition) is 3. The first-order chi connectivity index (χ1) is 10.1. The molecular formula is C17H21FN2O. The van der Waals surface area contributed by atoms with Gasteiger partial charge in [0.25, 0.3) is 0 Å². The number of nitrogens with one attached hydrogen (secondary N) is 1. The summed E-state index contributed by atoms with van der Waals surface area (Å²) < 4.78 is 13.0. The molecule has 0 spiro atoms. The van der Waals surface area contributed by atoms with E-state index in [0.717, 1.165) is 23.5 Å². The Morgan fingerprint density at radius 3 is 2.29 bits per heavy atom. The van der Waals surface area contributed by atoms with Gasteiger partial charge in [-0.15, -0.1) is 0 Å². The Balaban J connectivity index is 2.35. The van der Waals surface area contributed by atoms with Crippen molar-refractivity contribution in [3.8, 4) is 5.75 Å². The van der Waals surface area contributed by atoms with Crippen molar-refractivity contribution in [1.82, 2.24) is 5.32 Å². The summed E-state index contributed by atoms with van der Waals surface area (Å²) in [5, 5.41) is 13.3. The Hall–Kier alpha value is -2.07. The average molecular weight is 288 g/mol. The molecule has 21 heavy (non-hydrogen) atoms. The molecule has 2 aromatic rings. The van der Waals surface area contributed by atoms with E-state index in [1.54, 1.807) is 18.2 Å². The van der Waals surface area contributed by atoms with Gasteiger partial charge in [0.2, 0.25) is 0 Å². The van der Waals surface area contributed by atoms with Crippen LogP contribution in [0.2, 0.25) is 0 Å². The molecule has 0 heterocycles. The van der Waals surface area contributed by atoms with Gasteiger partial charge >= 0.3 is 0 Å². The summed E-state index contributed by atoms with van der Waals surface area (Å²) in [5.41, 5.74) is 2.64. The normalized spacial score (nSPS) is 12.2. The standard InChI is InChI=1S/C17H21FN2O/c1-4-20(14-7-5-13(18)6-8-14)15-9-10-16(12(2)19-3)17(21)11-15/h5-12,19,21H,4H2,1-3H3. The second kappa shape index (κ2) is 6.59. The summed E-state index contributed by atoms with van der Waals surface area (Å²) in [6.45, 7) is 4.74. The zero-order valence-electron chi connectivity index (χ0n) is 12.6. The van der Waals surface area contributed by atoms with E-state index in [4.69, 9.17) is 0 Å². The highest BCUT2D eigenvalue weighted by Gasteiger charge is 2.13. The van der Waals surface area contributed by atoms with E-state index in [9.17, 15) is 9.50 Å². The molecule has 0 aliphatic carbocycles. The Labute approximate surface area is 125 Å². The van der Waals surface area contributed by atoms with Crippen molar-refractivity contribution in [2.24, 2.45) is 0 Å². The highest BCUT2D eigenvalue weighted by atomic mass is 19.1. The third kappa shape index (κ3) is 3.34. The summed E-state index contributed by atoms with van der Waals surface area (Å²) in [6, 6.07) is 12.1. The number of halogens is 1. The number of benzene rings is 2. The van der Waals surface area contributed by atoms with Crippen molar-refractivity contribution in [3.05, 3.63) is 53.8 Å². The Kier molecular flexibility index (Phi) is 4.81. The van der Waals surface area contributed by atoms with Crippen LogP contribution in [0, 0.1) is 5.82 Å². The molecule has 0 saturated heterocycles. The molecule has 2 N–H and O–H groups in total. The smallest absolute Gasteiger partial charge is 0.123 e. The van der Waals surface area contributed by atoms with E-state index in [0.29, 0.717) is 0 Å². The zero-order chi connectivity index (χ0) is 15.4. The minimum Gasteiger partial charge on any atom is -0.508 e. The lowest BCUT2D eigenvalue weighted by Crippen LogP contribution is -2.17. The van der Waals surface area contributed by atoms with Crippen molar-refractivity contribution < 1.29 is 9.50 Å². The molecule has 1 atom stereocenters. The number of aromatic hydroxyl groups is 1. The zero-order valence-corrected chi connectivity index (χ0v) is 12.6. The SMILES string of the molecule is CCN(c1ccc(F)cc1)c1ccc(C(C)NC)c(O)c1. The second-order valence-corrected chi connectivity index (χ2v) is 4.97. The van der Waals surface area contributed by atoms with Crippen LogP contribution < -0.4 is 10.2 Å². The van der Waals surface area contributed by atoms with Crippen molar-refractivity contribution in [2.45, 2.75) is 19.9 Å². The van der Waals surface area contributed by atoms with Gasteiger partial charge in [-0.1, -0.05) is 6.07 Å². The lowest BCUT2D eigenvalue weighted by atomic mass is 10.1. The summed E-state index contributed by atoms with van der Waals surface area (Å²) in [7, 11) is 1.86. The van der Waals surface area contributed by atoms with E-state index in [1.165, 1.54) is 12.1 Å². The third-order valence-electron chi connectivity index (χ3n) is 3.68. The second-order valence-electron chi connectivity index (χ2n) is 4.97. The Bertz CT molecular complexity index is 598. The minimum atomic E-state index is -0.254. The first kappa shape index (κ1) is 15.3. The van der Waals surface area contributed by atoms with Crippen LogP contribution in [0.25, 0.3) is 0 Å². The van der Waals surface area contributed by atoms with E-state index in [1.807, 2.05) is 37.9 Å². The van der Waals surface area contributed by atoms with Gasteiger partial charge in [0, 0.05) is 35.6 Å². The molecule has 3 nitrogen and oxygen atoms in total. The molecule has 0 aromatic heterocycles. The molecule has 2 aromatic carbocycles. The molecule has 0 aliphatic rings. The van der Waals surface area contributed by atoms with Crippen molar-refractivity contribution in [3.63, 3.8) is 0 Å². The maximum atomic E-state index is 13.0. The molecule has 0 fully saturated rings. The van der Waals surface area contributed by atoms with Crippen molar-refractivity contribution >= 4 is 11.4 Å². The van der Waals surface area contributed by atoms with E-state index < -0.39 is 0 Å². The molecule has 112 valence electrons. The fourth-order valence-corrected chi connectivity index (χ4v) is 2.36. The van der Waals surface area contributed by atoms with E-state index >= 15 is 0 Å². The minimum absolute atomic E-state index is 0.0833. The molecule has 1 unspecified atom stereocenters. The number of nitrogens with zero attached hydrogens (tertiary/aromatic N) is 1. The van der Waals surface area contributed by atoms with Crippen LogP contribution in [-0.2, 0) is 0 Å². The third-order valence-corrected chi connectivity index (χ3v) is 3.68. The molecule has 4 heteroatoms. The lowest BCUT2D eigenvalue weighted by molar-refractivity contribution is 0.458. The van der Waals surface area contributed by atoms with Gasteiger partial charge in [-0.25, -0.2) is 4.39 Å². The van der Waals surface area contributed by atoms with Gasteiger partial charge in [-0.05, 0) is 51.2 Å². The Morgan fingerprint density at radius 1 is 1.14 bits per heavy atom. The lowest BCUT2D eigenvalue weighted by Gasteiger charge is -2.24. The van der Waals surface area contributed by atoms with Gasteiger partial charge in [0.1, 0.15) is 11.6 Å². The van der Waals surface area contributed by atoms with Crippen LogP contribution >= 0.6 is 0 Å². The maximum absolute atomic E-state index is 13.0. The topological polar surface area (TPSA) is 35.5 Å².